The molecule has 0 saturated carbocycles. The fourth-order valence-electron chi connectivity index (χ4n) is 2.39. The fraction of sp³-hybridized carbons (Fsp3) is 0.312. The van der Waals surface area contributed by atoms with E-state index in [2.05, 4.69) is 33.0 Å². The van der Waals surface area contributed by atoms with E-state index in [1.807, 2.05) is 18.2 Å². The number of hydrogen-bond donors (Lipinski definition) is 0. The topological polar surface area (TPSA) is 56.0 Å². The van der Waals surface area contributed by atoms with E-state index in [1.165, 1.54) is 5.56 Å². The van der Waals surface area contributed by atoms with E-state index in [1.54, 1.807) is 20.0 Å². The van der Waals surface area contributed by atoms with Crippen molar-refractivity contribution in [2.24, 2.45) is 0 Å². The van der Waals surface area contributed by atoms with Crippen LogP contribution < -0.4 is 0 Å². The number of halogens is 1. The van der Waals surface area contributed by atoms with E-state index in [0.717, 1.165) is 12.1 Å². The van der Waals surface area contributed by atoms with Crippen molar-refractivity contribution < 1.29 is 4.92 Å². The normalized spacial score (nSPS) is 12.1. The van der Waals surface area contributed by atoms with Gasteiger partial charge in [0.25, 0.3) is 5.69 Å². The van der Waals surface area contributed by atoms with Crippen molar-refractivity contribution in [2.75, 3.05) is 0 Å². The molecule has 1 atom stereocenters. The van der Waals surface area contributed by atoms with Gasteiger partial charge in [-0.25, -0.2) is 0 Å². The van der Waals surface area contributed by atoms with Gasteiger partial charge in [-0.05, 0) is 32.3 Å². The average molecular weight is 349 g/mol. The molecule has 2 rings (SSSR count). The van der Waals surface area contributed by atoms with Gasteiger partial charge in [-0.3, -0.25) is 15.1 Å². The first-order chi connectivity index (χ1) is 10.0. The highest BCUT2D eigenvalue weighted by Gasteiger charge is 2.19. The number of alkyl halides is 1. The summed E-state index contributed by atoms with van der Waals surface area (Å²) < 4.78 is 0. The molecule has 4 nitrogen and oxygen atoms in total. The highest BCUT2D eigenvalue weighted by Crippen LogP contribution is 2.30. The van der Waals surface area contributed by atoms with Crippen LogP contribution in [0.25, 0.3) is 0 Å². The summed E-state index contributed by atoms with van der Waals surface area (Å²) in [4.78, 5) is 15.4. The van der Waals surface area contributed by atoms with Crippen LogP contribution >= 0.6 is 15.9 Å². The lowest BCUT2D eigenvalue weighted by molar-refractivity contribution is -0.386. The Morgan fingerprint density at radius 1 is 1.29 bits per heavy atom. The first kappa shape index (κ1) is 15.6. The molecule has 0 bridgehead atoms. The molecule has 0 radical (unpaired) electrons. The highest BCUT2D eigenvalue weighted by molar-refractivity contribution is 9.09. The summed E-state index contributed by atoms with van der Waals surface area (Å²) in [6.07, 6.45) is 3.14. The molecule has 1 aromatic heterocycles. The molecule has 0 spiro atoms. The summed E-state index contributed by atoms with van der Waals surface area (Å²) in [7, 11) is 0. The monoisotopic (exact) mass is 348 g/mol. The summed E-state index contributed by atoms with van der Waals surface area (Å²) in [6.45, 7) is 3.50. The number of benzene rings is 1. The van der Waals surface area contributed by atoms with E-state index in [9.17, 15) is 10.1 Å². The van der Waals surface area contributed by atoms with Gasteiger partial charge in [0.15, 0.2) is 0 Å². The molecule has 5 heteroatoms. The zero-order valence-corrected chi connectivity index (χ0v) is 13.6. The molecule has 1 aromatic carbocycles. The Morgan fingerprint density at radius 2 is 1.95 bits per heavy atom. The molecule has 0 aliphatic carbocycles. The van der Waals surface area contributed by atoms with Crippen LogP contribution in [0.15, 0.2) is 36.5 Å². The maximum absolute atomic E-state index is 11.1. The minimum Gasteiger partial charge on any atom is -0.260 e. The number of pyridine rings is 1. The number of rotatable bonds is 5. The van der Waals surface area contributed by atoms with Crippen LogP contribution in [0.5, 0.6) is 0 Å². The van der Waals surface area contributed by atoms with Crippen LogP contribution in [0.2, 0.25) is 0 Å². The average Bonchev–Trinajstić information content (AvgIpc) is 2.46. The SMILES string of the molecule is Cc1cnc(CCC(Br)c2ccccc2)c(C)c1[N+](=O)[O-]. The second-order valence-corrected chi connectivity index (χ2v) is 6.14. The predicted molar refractivity (Wildman–Crippen MR) is 86.8 cm³/mol. The van der Waals surface area contributed by atoms with Crippen molar-refractivity contribution in [1.82, 2.24) is 4.98 Å². The molecule has 21 heavy (non-hydrogen) atoms. The first-order valence-electron chi connectivity index (χ1n) is 6.79. The second-order valence-electron chi connectivity index (χ2n) is 5.04. The van der Waals surface area contributed by atoms with Gasteiger partial charge in [0.1, 0.15) is 0 Å². The van der Waals surface area contributed by atoms with E-state index in [4.69, 9.17) is 0 Å². The van der Waals surface area contributed by atoms with Crippen LogP contribution in [0.1, 0.15) is 33.6 Å². The lowest BCUT2D eigenvalue weighted by Gasteiger charge is -2.11. The quantitative estimate of drug-likeness (QED) is 0.448. The minimum absolute atomic E-state index is 0.186. The zero-order chi connectivity index (χ0) is 15.4. The van der Waals surface area contributed by atoms with E-state index < -0.39 is 0 Å². The smallest absolute Gasteiger partial charge is 0.260 e. The predicted octanol–water partition coefficient (Wildman–Crippen LogP) is 4.68. The lowest BCUT2D eigenvalue weighted by atomic mass is 10.0. The zero-order valence-electron chi connectivity index (χ0n) is 12.0. The van der Waals surface area contributed by atoms with E-state index >= 15 is 0 Å². The summed E-state index contributed by atoms with van der Waals surface area (Å²) in [6, 6.07) is 10.1. The molecule has 0 fully saturated rings. The summed E-state index contributed by atoms with van der Waals surface area (Å²) in [5.41, 5.74) is 3.47. The maximum atomic E-state index is 11.1. The van der Waals surface area contributed by atoms with Crippen molar-refractivity contribution in [2.45, 2.75) is 31.5 Å². The first-order valence-corrected chi connectivity index (χ1v) is 7.70. The number of nitrogens with zero attached hydrogens (tertiary/aromatic N) is 2. The largest absolute Gasteiger partial charge is 0.278 e. The van der Waals surface area contributed by atoms with Gasteiger partial charge >= 0.3 is 0 Å². The molecule has 0 amide bonds. The molecular weight excluding hydrogens is 332 g/mol. The minimum atomic E-state index is -0.321. The van der Waals surface area contributed by atoms with Gasteiger partial charge in [0.2, 0.25) is 0 Å². The maximum Gasteiger partial charge on any atom is 0.278 e. The Labute approximate surface area is 132 Å². The van der Waals surface area contributed by atoms with Crippen LogP contribution in [0.3, 0.4) is 0 Å². The van der Waals surface area contributed by atoms with E-state index in [-0.39, 0.29) is 15.4 Å². The third kappa shape index (κ3) is 3.67. The van der Waals surface area contributed by atoms with Crippen molar-refractivity contribution in [1.29, 1.82) is 0 Å². The van der Waals surface area contributed by atoms with Crippen molar-refractivity contribution in [3.63, 3.8) is 0 Å². The molecule has 110 valence electrons. The Bertz CT molecular complexity index is 644. The third-order valence-electron chi connectivity index (χ3n) is 3.55. The number of aryl methyl sites for hydroxylation is 2. The molecule has 1 heterocycles. The molecule has 0 saturated heterocycles. The Morgan fingerprint density at radius 3 is 2.57 bits per heavy atom. The third-order valence-corrected chi connectivity index (χ3v) is 4.54. The lowest BCUT2D eigenvalue weighted by Crippen LogP contribution is -2.03. The van der Waals surface area contributed by atoms with Gasteiger partial charge in [-0.2, -0.15) is 0 Å². The molecule has 1 unspecified atom stereocenters. The number of hydrogen-bond acceptors (Lipinski definition) is 3. The summed E-state index contributed by atoms with van der Waals surface area (Å²) >= 11 is 3.67. The van der Waals surface area contributed by atoms with Crippen molar-refractivity contribution in [3.05, 3.63) is 69.0 Å². The van der Waals surface area contributed by atoms with Crippen molar-refractivity contribution >= 4 is 21.6 Å². The fourth-order valence-corrected chi connectivity index (χ4v) is 2.92. The molecule has 0 aliphatic heterocycles. The van der Waals surface area contributed by atoms with Gasteiger partial charge in [-0.1, -0.05) is 46.3 Å². The highest BCUT2D eigenvalue weighted by atomic mass is 79.9. The standard InChI is InChI=1S/C16H17BrN2O2/c1-11-10-18-15(12(2)16(11)19(20)21)9-8-14(17)13-6-4-3-5-7-13/h3-7,10,14H,8-9H2,1-2H3. The number of nitro groups is 1. The second kappa shape index (κ2) is 6.80. The molecule has 0 N–H and O–H groups in total. The van der Waals surface area contributed by atoms with Gasteiger partial charge in [0, 0.05) is 22.2 Å². The van der Waals surface area contributed by atoms with Crippen molar-refractivity contribution in [3.8, 4) is 0 Å². The van der Waals surface area contributed by atoms with Crippen LogP contribution in [-0.4, -0.2) is 9.91 Å². The van der Waals surface area contributed by atoms with Gasteiger partial charge in [-0.15, -0.1) is 0 Å². The van der Waals surface area contributed by atoms with Crippen LogP contribution in [0.4, 0.5) is 5.69 Å². The Hall–Kier alpha value is -1.75. The van der Waals surface area contributed by atoms with Crippen LogP contribution in [0, 0.1) is 24.0 Å². The van der Waals surface area contributed by atoms with Crippen LogP contribution in [-0.2, 0) is 6.42 Å². The van der Waals surface area contributed by atoms with E-state index in [0.29, 0.717) is 17.5 Å². The Kier molecular flexibility index (Phi) is 5.07. The van der Waals surface area contributed by atoms with Gasteiger partial charge in [0.05, 0.1) is 10.6 Å². The molecule has 2 aromatic rings. The summed E-state index contributed by atoms with van der Waals surface area (Å²) in [5.74, 6) is 0. The number of aromatic nitrogens is 1. The molecular formula is C16H17BrN2O2. The van der Waals surface area contributed by atoms with Gasteiger partial charge < -0.3 is 0 Å². The Balaban J connectivity index is 2.14. The summed E-state index contributed by atoms with van der Waals surface area (Å²) in [5, 5.41) is 11.1. The molecule has 0 aliphatic rings.